The van der Waals surface area contributed by atoms with Gasteiger partial charge in [-0.1, -0.05) is 25.1 Å². The van der Waals surface area contributed by atoms with Crippen molar-refractivity contribution in [3.63, 3.8) is 0 Å². The van der Waals surface area contributed by atoms with E-state index >= 15 is 0 Å². The maximum absolute atomic E-state index is 12.6. The van der Waals surface area contributed by atoms with Gasteiger partial charge in [-0.05, 0) is 23.6 Å². The highest BCUT2D eigenvalue weighted by molar-refractivity contribution is 5.43. The third-order valence-corrected chi connectivity index (χ3v) is 3.13. The second-order valence-corrected chi connectivity index (χ2v) is 4.35. The van der Waals surface area contributed by atoms with Crippen molar-refractivity contribution in [2.75, 3.05) is 0 Å². The predicted octanol–water partition coefficient (Wildman–Crippen LogP) is 3.77. The van der Waals surface area contributed by atoms with Crippen LogP contribution < -0.4 is 0 Å². The molecule has 6 heteroatoms. The first-order valence-corrected chi connectivity index (χ1v) is 6.08. The molecule has 2 rings (SSSR count). The van der Waals surface area contributed by atoms with Crippen LogP contribution in [0.1, 0.15) is 36.0 Å². The normalized spacial score (nSPS) is 12.9. The minimum Gasteiger partial charge on any atom is -0.192 e. The van der Waals surface area contributed by atoms with Crippen molar-refractivity contribution >= 4 is 0 Å². The molecule has 3 nitrogen and oxygen atoms in total. The van der Waals surface area contributed by atoms with Crippen molar-refractivity contribution in [3.8, 4) is 6.07 Å². The molecule has 1 atom stereocenters. The quantitative estimate of drug-likeness (QED) is 0.858. The Kier molecular flexibility index (Phi) is 3.79. The Morgan fingerprint density at radius 2 is 2.05 bits per heavy atom. The molecule has 0 aliphatic carbocycles. The molecule has 1 heterocycles. The summed E-state index contributed by atoms with van der Waals surface area (Å²) in [7, 11) is 0. The lowest BCUT2D eigenvalue weighted by Crippen LogP contribution is -2.16. The second-order valence-electron chi connectivity index (χ2n) is 4.35. The first-order valence-electron chi connectivity index (χ1n) is 6.08. The van der Waals surface area contributed by atoms with Crippen molar-refractivity contribution in [1.82, 2.24) is 9.78 Å². The Bertz CT molecular complexity index is 638. The van der Waals surface area contributed by atoms with Gasteiger partial charge in [0, 0.05) is 12.1 Å². The van der Waals surface area contributed by atoms with Gasteiger partial charge in [0.1, 0.15) is 0 Å². The monoisotopic (exact) mass is 279 g/mol. The highest BCUT2D eigenvalue weighted by Crippen LogP contribution is 2.31. The number of rotatable bonds is 3. The zero-order valence-electron chi connectivity index (χ0n) is 10.7. The third kappa shape index (κ3) is 2.67. The van der Waals surface area contributed by atoms with E-state index in [0.29, 0.717) is 17.5 Å². The highest BCUT2D eigenvalue weighted by atomic mass is 19.4. The summed E-state index contributed by atoms with van der Waals surface area (Å²) in [5.41, 5.74) is 1.64. The summed E-state index contributed by atoms with van der Waals surface area (Å²) in [5, 5.41) is 12.4. The minimum atomic E-state index is -4.52. The van der Waals surface area contributed by atoms with Gasteiger partial charge in [-0.2, -0.15) is 15.0 Å². The lowest BCUT2D eigenvalue weighted by atomic mass is 9.88. The van der Waals surface area contributed by atoms with Crippen LogP contribution in [0.25, 0.3) is 0 Å². The van der Waals surface area contributed by atoms with Crippen molar-refractivity contribution in [3.05, 3.63) is 53.3 Å². The number of hydrogen-bond acceptors (Lipinski definition) is 2. The Hall–Kier alpha value is -2.29. The molecule has 0 fully saturated rings. The number of benzene rings is 1. The van der Waals surface area contributed by atoms with Gasteiger partial charge in [0.15, 0.2) is 0 Å². The molecule has 20 heavy (non-hydrogen) atoms. The smallest absolute Gasteiger partial charge is 0.192 e. The summed E-state index contributed by atoms with van der Waals surface area (Å²) < 4.78 is 37.7. The molecule has 0 saturated heterocycles. The second kappa shape index (κ2) is 5.37. The fourth-order valence-corrected chi connectivity index (χ4v) is 2.19. The third-order valence-electron chi connectivity index (χ3n) is 3.13. The fraction of sp³-hybridized carbons (Fsp3) is 0.286. The van der Waals surface area contributed by atoms with Crippen LogP contribution in [0, 0.1) is 11.3 Å². The van der Waals surface area contributed by atoms with Crippen LogP contribution in [0.5, 0.6) is 0 Å². The Balaban J connectivity index is 2.43. The minimum absolute atomic E-state index is 0.0139. The fourth-order valence-electron chi connectivity index (χ4n) is 2.19. The zero-order valence-corrected chi connectivity index (χ0v) is 10.7. The van der Waals surface area contributed by atoms with Gasteiger partial charge in [-0.25, -0.2) is 0 Å². The lowest BCUT2D eigenvalue weighted by molar-refractivity contribution is -0.212. The van der Waals surface area contributed by atoms with E-state index in [1.165, 1.54) is 6.20 Å². The molecule has 0 bridgehead atoms. The van der Waals surface area contributed by atoms with Crippen LogP contribution in [0.15, 0.2) is 36.7 Å². The van der Waals surface area contributed by atoms with Gasteiger partial charge in [0.2, 0.25) is 0 Å². The maximum Gasteiger partial charge on any atom is 0.504 e. The van der Waals surface area contributed by atoms with Crippen molar-refractivity contribution in [2.24, 2.45) is 0 Å². The largest absolute Gasteiger partial charge is 0.504 e. The number of nitrogens with zero attached hydrogens (tertiary/aromatic N) is 3. The van der Waals surface area contributed by atoms with Crippen molar-refractivity contribution in [1.29, 1.82) is 5.26 Å². The molecule has 0 amide bonds. The first kappa shape index (κ1) is 14.1. The molecule has 0 unspecified atom stereocenters. The Morgan fingerprint density at radius 3 is 2.60 bits per heavy atom. The molecular weight excluding hydrogens is 267 g/mol. The van der Waals surface area contributed by atoms with Gasteiger partial charge in [-0.15, -0.1) is 13.2 Å². The van der Waals surface area contributed by atoms with Crippen LogP contribution in [0.3, 0.4) is 0 Å². The summed E-state index contributed by atoms with van der Waals surface area (Å²) in [4.78, 5) is 0. The molecule has 0 aliphatic heterocycles. The zero-order chi connectivity index (χ0) is 14.8. The number of alkyl halides is 3. The average molecular weight is 279 g/mol. The van der Waals surface area contributed by atoms with Crippen molar-refractivity contribution in [2.45, 2.75) is 25.6 Å². The van der Waals surface area contributed by atoms with Gasteiger partial charge in [0.25, 0.3) is 0 Å². The molecule has 2 aromatic rings. The standard InChI is InChI=1S/C14H12F3N3/c1-2-12(13-6-4-3-5-10(13)7-18)11-8-19-20(9-11)14(15,16)17/h3-6,8-9,12H,2H2,1H3/t12-/m1/s1. The van der Waals surface area contributed by atoms with Crippen LogP contribution in [0.2, 0.25) is 0 Å². The predicted molar refractivity (Wildman–Crippen MR) is 66.8 cm³/mol. The molecule has 1 aromatic carbocycles. The van der Waals surface area contributed by atoms with E-state index in [2.05, 4.69) is 11.2 Å². The first-order chi connectivity index (χ1) is 9.47. The molecule has 0 N–H and O–H groups in total. The summed E-state index contributed by atoms with van der Waals surface area (Å²) >= 11 is 0. The number of halogens is 3. The van der Waals surface area contributed by atoms with Gasteiger partial charge in [-0.3, -0.25) is 0 Å². The SMILES string of the molecule is CC[C@H](c1cnn(C(F)(F)F)c1)c1ccccc1C#N. The van der Waals surface area contributed by atoms with E-state index in [1.54, 1.807) is 24.3 Å². The van der Waals surface area contributed by atoms with Gasteiger partial charge in [0.05, 0.1) is 17.8 Å². The average Bonchev–Trinajstić information content (AvgIpc) is 2.90. The molecule has 0 aliphatic rings. The maximum atomic E-state index is 12.6. The Labute approximate surface area is 114 Å². The van der Waals surface area contributed by atoms with Gasteiger partial charge < -0.3 is 0 Å². The molecule has 104 valence electrons. The highest BCUT2D eigenvalue weighted by Gasteiger charge is 2.32. The molecule has 0 radical (unpaired) electrons. The Morgan fingerprint density at radius 1 is 1.35 bits per heavy atom. The lowest BCUT2D eigenvalue weighted by Gasteiger charge is -2.15. The summed E-state index contributed by atoms with van der Waals surface area (Å²) in [6, 6.07) is 8.99. The number of aromatic nitrogens is 2. The van der Waals surface area contributed by atoms with Gasteiger partial charge >= 0.3 is 6.30 Å². The van der Waals surface area contributed by atoms with E-state index in [9.17, 15) is 13.2 Å². The van der Waals surface area contributed by atoms with Crippen LogP contribution in [-0.2, 0) is 6.30 Å². The summed E-state index contributed by atoms with van der Waals surface area (Å²) in [5.74, 6) is -0.276. The molecule has 0 saturated carbocycles. The summed E-state index contributed by atoms with van der Waals surface area (Å²) in [6.07, 6.45) is -1.76. The number of hydrogen-bond donors (Lipinski definition) is 0. The molecular formula is C14H12F3N3. The van der Waals surface area contributed by atoms with E-state index in [4.69, 9.17) is 5.26 Å². The van der Waals surface area contributed by atoms with E-state index in [0.717, 1.165) is 11.8 Å². The van der Waals surface area contributed by atoms with Crippen LogP contribution in [0.4, 0.5) is 13.2 Å². The van der Waals surface area contributed by atoms with E-state index < -0.39 is 6.30 Å². The van der Waals surface area contributed by atoms with Crippen molar-refractivity contribution < 1.29 is 13.2 Å². The number of nitriles is 1. The van der Waals surface area contributed by atoms with E-state index in [1.807, 2.05) is 6.92 Å². The van der Waals surface area contributed by atoms with E-state index in [-0.39, 0.29) is 10.6 Å². The van der Waals surface area contributed by atoms with Crippen LogP contribution in [-0.4, -0.2) is 9.78 Å². The van der Waals surface area contributed by atoms with Crippen LogP contribution >= 0.6 is 0 Å². The summed E-state index contributed by atoms with van der Waals surface area (Å²) in [6.45, 7) is 1.86. The molecule has 0 spiro atoms. The molecule has 1 aromatic heterocycles. The topological polar surface area (TPSA) is 41.6 Å².